The molecule has 6 nitrogen and oxygen atoms in total. The van der Waals surface area contributed by atoms with Gasteiger partial charge in [-0.05, 0) is 55.5 Å². The minimum atomic E-state index is -0.246. The quantitative estimate of drug-likeness (QED) is 0.586. The van der Waals surface area contributed by atoms with Crippen LogP contribution >= 0.6 is 11.3 Å². The summed E-state index contributed by atoms with van der Waals surface area (Å²) in [6.07, 6.45) is 7.18. The normalized spacial score (nSPS) is 12.7. The Morgan fingerprint density at radius 3 is 2.65 bits per heavy atom. The minimum Gasteiger partial charge on any atom is -0.373 e. The number of hydrogen-bond donors (Lipinski definition) is 2. The van der Waals surface area contributed by atoms with Gasteiger partial charge >= 0.3 is 0 Å². The molecular formula is C24H26N4O2S. The van der Waals surface area contributed by atoms with Gasteiger partial charge in [0.25, 0.3) is 11.8 Å². The summed E-state index contributed by atoms with van der Waals surface area (Å²) in [5, 5.41) is 6.64. The zero-order valence-corrected chi connectivity index (χ0v) is 18.4. The number of rotatable bonds is 7. The molecule has 0 aliphatic heterocycles. The van der Waals surface area contributed by atoms with E-state index in [2.05, 4.69) is 20.5 Å². The van der Waals surface area contributed by atoms with Crippen molar-refractivity contribution in [3.63, 3.8) is 0 Å². The molecule has 4 rings (SSSR count). The number of aromatic nitrogens is 1. The maximum absolute atomic E-state index is 13.1. The molecule has 1 aromatic carbocycles. The number of hydrogen-bond acceptors (Lipinski definition) is 5. The van der Waals surface area contributed by atoms with Crippen molar-refractivity contribution in [3.8, 4) is 0 Å². The number of nitrogens with zero attached hydrogens (tertiary/aromatic N) is 2. The van der Waals surface area contributed by atoms with Gasteiger partial charge in [-0.1, -0.05) is 18.2 Å². The number of nitrogens with one attached hydrogen (secondary N) is 2. The van der Waals surface area contributed by atoms with Crippen molar-refractivity contribution >= 4 is 33.8 Å². The van der Waals surface area contributed by atoms with Gasteiger partial charge in [0, 0.05) is 43.1 Å². The predicted octanol–water partition coefficient (Wildman–Crippen LogP) is 4.14. The van der Waals surface area contributed by atoms with Crippen LogP contribution in [0, 0.1) is 0 Å². The van der Waals surface area contributed by atoms with Crippen molar-refractivity contribution in [2.45, 2.75) is 25.7 Å². The Kier molecular flexibility index (Phi) is 6.62. The van der Waals surface area contributed by atoms with Crippen LogP contribution in [0.1, 0.15) is 44.0 Å². The van der Waals surface area contributed by atoms with Crippen molar-refractivity contribution < 1.29 is 9.59 Å². The largest absolute Gasteiger partial charge is 0.373 e. The molecular weight excluding hydrogens is 408 g/mol. The molecule has 0 saturated carbocycles. The van der Waals surface area contributed by atoms with Crippen LogP contribution < -0.4 is 15.5 Å². The molecule has 160 valence electrons. The fraction of sp³-hybridized carbons (Fsp3) is 0.292. The number of benzene rings is 1. The summed E-state index contributed by atoms with van der Waals surface area (Å²) in [5.74, 6) is -0.369. The van der Waals surface area contributed by atoms with Crippen LogP contribution in [0.5, 0.6) is 0 Å². The molecule has 0 saturated heterocycles. The summed E-state index contributed by atoms with van der Waals surface area (Å²) in [7, 11) is 2.01. The number of para-hydroxylation sites is 1. The van der Waals surface area contributed by atoms with E-state index in [1.165, 1.54) is 22.4 Å². The SMILES string of the molecule is CN(CCNC(=O)c1c(NC(=O)c2cccnc2)sc2c1CCCC2)c1ccccc1. The molecule has 0 radical (unpaired) electrons. The minimum absolute atomic E-state index is 0.123. The van der Waals surface area contributed by atoms with E-state index in [-0.39, 0.29) is 11.8 Å². The Hall–Kier alpha value is -3.19. The topological polar surface area (TPSA) is 74.3 Å². The van der Waals surface area contributed by atoms with Gasteiger partial charge in [-0.25, -0.2) is 0 Å². The lowest BCUT2D eigenvalue weighted by Gasteiger charge is -2.19. The van der Waals surface area contributed by atoms with Crippen molar-refractivity contribution in [2.24, 2.45) is 0 Å². The van der Waals surface area contributed by atoms with E-state index in [9.17, 15) is 9.59 Å². The summed E-state index contributed by atoms with van der Waals surface area (Å²) in [6.45, 7) is 1.21. The van der Waals surface area contributed by atoms with E-state index in [1.807, 2.05) is 37.4 Å². The van der Waals surface area contributed by atoms with Gasteiger partial charge in [-0.3, -0.25) is 14.6 Å². The molecule has 1 aliphatic carbocycles. The van der Waals surface area contributed by atoms with Crippen molar-refractivity contribution in [1.82, 2.24) is 10.3 Å². The summed E-state index contributed by atoms with van der Waals surface area (Å²) < 4.78 is 0. The molecule has 0 unspecified atom stereocenters. The predicted molar refractivity (Wildman–Crippen MR) is 125 cm³/mol. The van der Waals surface area contributed by atoms with E-state index in [0.29, 0.717) is 29.2 Å². The summed E-state index contributed by atoms with van der Waals surface area (Å²) in [6, 6.07) is 13.5. The molecule has 2 N–H and O–H groups in total. The smallest absolute Gasteiger partial charge is 0.257 e. The van der Waals surface area contributed by atoms with Crippen molar-refractivity contribution in [3.05, 3.63) is 76.4 Å². The number of aryl methyl sites for hydroxylation is 1. The molecule has 31 heavy (non-hydrogen) atoms. The monoisotopic (exact) mass is 434 g/mol. The maximum Gasteiger partial charge on any atom is 0.257 e. The molecule has 0 atom stereocenters. The van der Waals surface area contributed by atoms with Crippen LogP contribution in [0.4, 0.5) is 10.7 Å². The van der Waals surface area contributed by atoms with Crippen LogP contribution in [0.25, 0.3) is 0 Å². The van der Waals surface area contributed by atoms with Gasteiger partial charge in [0.2, 0.25) is 0 Å². The van der Waals surface area contributed by atoms with Crippen LogP contribution in [-0.2, 0) is 12.8 Å². The highest BCUT2D eigenvalue weighted by molar-refractivity contribution is 7.17. The molecule has 0 bridgehead atoms. The standard InChI is InChI=1S/C24H26N4O2S/c1-28(18-9-3-2-4-10-18)15-14-26-23(30)21-19-11-5-6-12-20(19)31-24(21)27-22(29)17-8-7-13-25-16-17/h2-4,7-10,13,16H,5-6,11-12,14-15H2,1H3,(H,26,30)(H,27,29). The van der Waals surface area contributed by atoms with E-state index >= 15 is 0 Å². The van der Waals surface area contributed by atoms with E-state index in [4.69, 9.17) is 0 Å². The first-order valence-electron chi connectivity index (χ1n) is 10.5. The lowest BCUT2D eigenvalue weighted by Crippen LogP contribution is -2.33. The highest BCUT2D eigenvalue weighted by Gasteiger charge is 2.26. The van der Waals surface area contributed by atoms with Gasteiger partial charge in [0.1, 0.15) is 5.00 Å². The molecule has 1 aliphatic rings. The first-order chi connectivity index (χ1) is 15.1. The maximum atomic E-state index is 13.1. The van der Waals surface area contributed by atoms with Crippen LogP contribution in [-0.4, -0.2) is 36.9 Å². The second-order valence-electron chi connectivity index (χ2n) is 7.62. The van der Waals surface area contributed by atoms with Gasteiger partial charge in [0.15, 0.2) is 0 Å². The lowest BCUT2D eigenvalue weighted by atomic mass is 9.95. The Labute approximate surface area is 186 Å². The van der Waals surface area contributed by atoms with Gasteiger partial charge in [-0.15, -0.1) is 11.3 Å². The van der Waals surface area contributed by atoms with Gasteiger partial charge < -0.3 is 15.5 Å². The number of carbonyl (C=O) groups excluding carboxylic acids is 2. The number of likely N-dealkylation sites (N-methyl/N-ethyl adjacent to an activating group) is 1. The second-order valence-corrected chi connectivity index (χ2v) is 8.73. The Bertz CT molecular complexity index is 1050. The molecule has 2 heterocycles. The number of amides is 2. The molecule has 0 fully saturated rings. The zero-order valence-electron chi connectivity index (χ0n) is 17.6. The Balaban J connectivity index is 1.47. The number of anilines is 2. The van der Waals surface area contributed by atoms with Crippen molar-refractivity contribution in [1.29, 1.82) is 0 Å². The first kappa shape index (κ1) is 21.1. The third-order valence-corrected chi connectivity index (χ3v) is 6.69. The Morgan fingerprint density at radius 2 is 1.87 bits per heavy atom. The van der Waals surface area contributed by atoms with E-state index in [1.54, 1.807) is 18.3 Å². The summed E-state index contributed by atoms with van der Waals surface area (Å²) in [5.41, 5.74) is 3.30. The number of pyridine rings is 1. The highest BCUT2D eigenvalue weighted by Crippen LogP contribution is 2.38. The summed E-state index contributed by atoms with van der Waals surface area (Å²) in [4.78, 5) is 33.2. The van der Waals surface area contributed by atoms with Crippen molar-refractivity contribution in [2.75, 3.05) is 30.4 Å². The summed E-state index contributed by atoms with van der Waals surface area (Å²) >= 11 is 1.53. The van der Waals surface area contributed by atoms with Crippen LogP contribution in [0.2, 0.25) is 0 Å². The molecule has 0 spiro atoms. The highest BCUT2D eigenvalue weighted by atomic mass is 32.1. The average Bonchev–Trinajstić information content (AvgIpc) is 3.18. The van der Waals surface area contributed by atoms with Gasteiger partial charge in [0.05, 0.1) is 11.1 Å². The van der Waals surface area contributed by atoms with Crippen LogP contribution in [0.15, 0.2) is 54.9 Å². The molecule has 7 heteroatoms. The first-order valence-corrected chi connectivity index (χ1v) is 11.4. The molecule has 3 aromatic rings. The van der Waals surface area contributed by atoms with Crippen LogP contribution in [0.3, 0.4) is 0 Å². The molecule has 2 aromatic heterocycles. The number of thiophene rings is 1. The number of fused-ring (bicyclic) bond motifs is 1. The fourth-order valence-electron chi connectivity index (χ4n) is 3.80. The van der Waals surface area contributed by atoms with Gasteiger partial charge in [-0.2, -0.15) is 0 Å². The van der Waals surface area contributed by atoms with E-state index < -0.39 is 0 Å². The average molecular weight is 435 g/mol. The second kappa shape index (κ2) is 9.75. The third-order valence-electron chi connectivity index (χ3n) is 5.48. The fourth-order valence-corrected chi connectivity index (χ4v) is 5.09. The third kappa shape index (κ3) is 4.94. The molecule has 2 amide bonds. The zero-order chi connectivity index (χ0) is 21.6. The number of carbonyl (C=O) groups is 2. The Morgan fingerprint density at radius 1 is 1.06 bits per heavy atom. The lowest BCUT2D eigenvalue weighted by molar-refractivity contribution is 0.0955. The van der Waals surface area contributed by atoms with E-state index in [0.717, 1.165) is 36.9 Å².